The number of amides is 3. The molecule has 0 heterocycles. The van der Waals surface area contributed by atoms with E-state index in [1.54, 1.807) is 0 Å². The van der Waals surface area contributed by atoms with E-state index in [4.69, 9.17) is 32.5 Å². The van der Waals surface area contributed by atoms with Crippen LogP contribution in [-0.2, 0) is 28.8 Å². The normalized spacial score (nSPS) is 13.0. The summed E-state index contributed by atoms with van der Waals surface area (Å²) in [7, 11) is 0. The molecule has 0 rings (SSSR count). The van der Waals surface area contributed by atoms with Crippen LogP contribution in [0.4, 0.5) is 0 Å². The number of nitrogens with two attached hydrogens (primary N) is 3. The molecule has 16 nitrogen and oxygen atoms in total. The Labute approximate surface area is 187 Å². The van der Waals surface area contributed by atoms with E-state index in [1.807, 2.05) is 5.32 Å². The Morgan fingerprint density at radius 3 is 1.91 bits per heavy atom. The Kier molecular flexibility index (Phi) is 13.2. The van der Waals surface area contributed by atoms with E-state index in [2.05, 4.69) is 15.6 Å². The maximum Gasteiger partial charge on any atom is 0.322 e. The number of guanidine groups is 1. The lowest BCUT2D eigenvalue weighted by Crippen LogP contribution is -2.56. The first kappa shape index (κ1) is 29.0. The standard InChI is InChI=1S/C17H29N7O9/c18-8(2-1-5-21-17(19)20)14(31)23-9(3-4-11(25)26)16(33)24-10(6-12(27)28)15(32)22-7-13(29)30/h8-10H,1-7,18H2,(H,22,32)(H,23,31)(H,24,33)(H,25,26)(H,27,28)(H,29,30)(H4,19,20,21)/t8-,9-,10-/m0/s1. The van der Waals surface area contributed by atoms with Crippen molar-refractivity contribution in [3.05, 3.63) is 0 Å². The van der Waals surface area contributed by atoms with E-state index >= 15 is 0 Å². The molecule has 0 unspecified atom stereocenters. The van der Waals surface area contributed by atoms with Gasteiger partial charge in [0.2, 0.25) is 17.7 Å². The van der Waals surface area contributed by atoms with Crippen LogP contribution in [0.2, 0.25) is 0 Å². The third kappa shape index (κ3) is 13.9. The fourth-order valence-corrected chi connectivity index (χ4v) is 2.41. The van der Waals surface area contributed by atoms with Gasteiger partial charge in [0.05, 0.1) is 12.5 Å². The highest BCUT2D eigenvalue weighted by atomic mass is 16.4. The van der Waals surface area contributed by atoms with Crippen LogP contribution in [0.25, 0.3) is 0 Å². The first-order valence-corrected chi connectivity index (χ1v) is 9.68. The second kappa shape index (κ2) is 15.0. The van der Waals surface area contributed by atoms with Crippen LogP contribution in [0.3, 0.4) is 0 Å². The van der Waals surface area contributed by atoms with Gasteiger partial charge in [-0.3, -0.25) is 33.8 Å². The van der Waals surface area contributed by atoms with Crippen molar-refractivity contribution < 1.29 is 44.1 Å². The molecule has 12 N–H and O–H groups in total. The summed E-state index contributed by atoms with van der Waals surface area (Å²) in [5.74, 6) is -7.22. The van der Waals surface area contributed by atoms with E-state index in [0.717, 1.165) is 0 Å². The molecular weight excluding hydrogens is 446 g/mol. The molecule has 16 heteroatoms. The zero-order chi connectivity index (χ0) is 25.6. The number of hydrogen-bond donors (Lipinski definition) is 9. The van der Waals surface area contributed by atoms with Crippen molar-refractivity contribution in [3.63, 3.8) is 0 Å². The maximum atomic E-state index is 12.6. The minimum atomic E-state index is -1.67. The predicted octanol–water partition coefficient (Wildman–Crippen LogP) is -4.12. The van der Waals surface area contributed by atoms with Crippen LogP contribution >= 0.6 is 0 Å². The van der Waals surface area contributed by atoms with Crippen molar-refractivity contribution in [1.29, 1.82) is 0 Å². The molecule has 0 aliphatic heterocycles. The van der Waals surface area contributed by atoms with E-state index in [-0.39, 0.29) is 25.3 Å². The summed E-state index contributed by atoms with van der Waals surface area (Å²) in [6.07, 6.45) is -1.34. The molecule has 0 aliphatic carbocycles. The molecule has 0 bridgehead atoms. The molecule has 0 aromatic rings. The number of aliphatic imine (C=N–C) groups is 1. The number of carbonyl (C=O) groups excluding carboxylic acids is 3. The number of hydrogen-bond acceptors (Lipinski definition) is 8. The third-order valence-electron chi connectivity index (χ3n) is 4.01. The fourth-order valence-electron chi connectivity index (χ4n) is 2.41. The Hall–Kier alpha value is -3.95. The highest BCUT2D eigenvalue weighted by Gasteiger charge is 2.29. The van der Waals surface area contributed by atoms with Crippen LogP contribution in [0.15, 0.2) is 4.99 Å². The number of aliphatic carboxylic acids is 3. The van der Waals surface area contributed by atoms with Crippen molar-refractivity contribution in [3.8, 4) is 0 Å². The second-order valence-electron chi connectivity index (χ2n) is 6.82. The molecule has 0 saturated heterocycles. The molecule has 0 spiro atoms. The molecule has 0 radical (unpaired) electrons. The van der Waals surface area contributed by atoms with Crippen LogP contribution in [0, 0.1) is 0 Å². The van der Waals surface area contributed by atoms with Crippen molar-refractivity contribution >= 4 is 41.6 Å². The van der Waals surface area contributed by atoms with Gasteiger partial charge in [0, 0.05) is 13.0 Å². The van der Waals surface area contributed by atoms with Crippen LogP contribution < -0.4 is 33.2 Å². The topological polar surface area (TPSA) is 290 Å². The van der Waals surface area contributed by atoms with E-state index < -0.39 is 73.1 Å². The summed E-state index contributed by atoms with van der Waals surface area (Å²) < 4.78 is 0. The van der Waals surface area contributed by atoms with Crippen LogP contribution in [-0.4, -0.2) is 88.1 Å². The monoisotopic (exact) mass is 475 g/mol. The van der Waals surface area contributed by atoms with E-state index in [0.29, 0.717) is 6.42 Å². The molecule has 0 fully saturated rings. The van der Waals surface area contributed by atoms with Gasteiger partial charge in [-0.2, -0.15) is 0 Å². The molecular formula is C17H29N7O9. The Morgan fingerprint density at radius 1 is 0.788 bits per heavy atom. The molecule has 33 heavy (non-hydrogen) atoms. The number of carboxylic acids is 3. The Bertz CT molecular complexity index is 768. The van der Waals surface area contributed by atoms with E-state index in [1.165, 1.54) is 0 Å². The van der Waals surface area contributed by atoms with Crippen molar-refractivity contribution in [2.75, 3.05) is 13.1 Å². The molecule has 186 valence electrons. The number of carboxylic acid groups (broad SMARTS) is 3. The number of rotatable bonds is 16. The molecule has 0 aromatic heterocycles. The number of carbonyl (C=O) groups is 6. The van der Waals surface area contributed by atoms with Gasteiger partial charge in [-0.15, -0.1) is 0 Å². The first-order valence-electron chi connectivity index (χ1n) is 9.68. The number of nitrogens with zero attached hydrogens (tertiary/aromatic N) is 1. The average molecular weight is 475 g/mol. The smallest absolute Gasteiger partial charge is 0.322 e. The van der Waals surface area contributed by atoms with Gasteiger partial charge >= 0.3 is 17.9 Å². The highest BCUT2D eigenvalue weighted by molar-refractivity contribution is 5.95. The zero-order valence-corrected chi connectivity index (χ0v) is 17.7. The summed E-state index contributed by atoms with van der Waals surface area (Å²) in [5.41, 5.74) is 16.1. The zero-order valence-electron chi connectivity index (χ0n) is 17.7. The lowest BCUT2D eigenvalue weighted by molar-refractivity contribution is -0.141. The van der Waals surface area contributed by atoms with Gasteiger partial charge in [-0.05, 0) is 19.3 Å². The number of nitrogens with one attached hydrogen (secondary N) is 3. The lowest BCUT2D eigenvalue weighted by atomic mass is 10.1. The van der Waals surface area contributed by atoms with Crippen molar-refractivity contribution in [2.45, 2.75) is 50.2 Å². The summed E-state index contributed by atoms with van der Waals surface area (Å²) in [4.78, 5) is 73.2. The summed E-state index contributed by atoms with van der Waals surface area (Å²) in [6, 6.07) is -4.22. The largest absolute Gasteiger partial charge is 0.481 e. The summed E-state index contributed by atoms with van der Waals surface area (Å²) >= 11 is 0. The van der Waals surface area contributed by atoms with Crippen molar-refractivity contribution in [2.24, 2.45) is 22.2 Å². The minimum absolute atomic E-state index is 0.134. The SMILES string of the molecule is NC(N)=NCCC[C@H](N)C(=O)N[C@@H](CCC(=O)O)C(=O)N[C@@H](CC(=O)O)C(=O)NCC(=O)O. The molecule has 0 aliphatic rings. The minimum Gasteiger partial charge on any atom is -0.481 e. The molecule has 3 amide bonds. The van der Waals surface area contributed by atoms with Crippen molar-refractivity contribution in [1.82, 2.24) is 16.0 Å². The maximum absolute atomic E-state index is 12.6. The first-order chi connectivity index (χ1) is 15.3. The van der Waals surface area contributed by atoms with Gasteiger partial charge in [0.15, 0.2) is 5.96 Å². The average Bonchev–Trinajstić information content (AvgIpc) is 2.70. The fraction of sp³-hybridized carbons (Fsp3) is 0.588. The van der Waals surface area contributed by atoms with E-state index in [9.17, 15) is 28.8 Å². The molecule has 0 aromatic carbocycles. The quantitative estimate of drug-likeness (QED) is 0.0584. The van der Waals surface area contributed by atoms with Gasteiger partial charge in [0.25, 0.3) is 0 Å². The predicted molar refractivity (Wildman–Crippen MR) is 112 cm³/mol. The van der Waals surface area contributed by atoms with Crippen LogP contribution in [0.1, 0.15) is 32.1 Å². The van der Waals surface area contributed by atoms with Gasteiger partial charge < -0.3 is 48.5 Å². The molecule has 3 atom stereocenters. The second-order valence-corrected chi connectivity index (χ2v) is 6.82. The third-order valence-corrected chi connectivity index (χ3v) is 4.01. The Morgan fingerprint density at radius 2 is 1.39 bits per heavy atom. The highest BCUT2D eigenvalue weighted by Crippen LogP contribution is 2.03. The summed E-state index contributed by atoms with van der Waals surface area (Å²) in [5, 5.41) is 32.8. The van der Waals surface area contributed by atoms with Gasteiger partial charge in [-0.25, -0.2) is 0 Å². The van der Waals surface area contributed by atoms with Crippen LogP contribution in [0.5, 0.6) is 0 Å². The van der Waals surface area contributed by atoms with Gasteiger partial charge in [0.1, 0.15) is 18.6 Å². The Balaban J connectivity index is 5.24. The lowest BCUT2D eigenvalue weighted by Gasteiger charge is -2.23. The van der Waals surface area contributed by atoms with Gasteiger partial charge in [-0.1, -0.05) is 0 Å². The summed E-state index contributed by atoms with van der Waals surface area (Å²) in [6.45, 7) is -0.618. The molecule has 0 saturated carbocycles.